The number of nitrogens with zero attached hydrogens (tertiary/aromatic N) is 4. The summed E-state index contributed by atoms with van der Waals surface area (Å²) in [6.45, 7) is 10.5. The second kappa shape index (κ2) is 7.77. The molecule has 3 amide bonds. The first-order chi connectivity index (χ1) is 10.2. The lowest BCUT2D eigenvalue weighted by Gasteiger charge is -2.26. The second-order valence-corrected chi connectivity index (χ2v) is 6.28. The van der Waals surface area contributed by atoms with Gasteiger partial charge < -0.3 is 15.5 Å². The van der Waals surface area contributed by atoms with Crippen molar-refractivity contribution in [3.05, 3.63) is 12.7 Å². The van der Waals surface area contributed by atoms with Gasteiger partial charge in [-0.1, -0.05) is 0 Å². The summed E-state index contributed by atoms with van der Waals surface area (Å²) in [7, 11) is 0. The molecule has 0 unspecified atom stereocenters. The molecule has 1 aromatic rings. The number of amides is 3. The molecule has 0 spiro atoms. The van der Waals surface area contributed by atoms with E-state index < -0.39 is 0 Å². The zero-order valence-corrected chi connectivity index (χ0v) is 14.0. The third-order valence-electron chi connectivity index (χ3n) is 2.82. The first kappa shape index (κ1) is 17.9. The number of urea groups is 1. The van der Waals surface area contributed by atoms with Crippen LogP contribution < -0.4 is 10.6 Å². The molecule has 0 aliphatic heterocycles. The van der Waals surface area contributed by atoms with Crippen LogP contribution in [0.15, 0.2) is 12.7 Å². The van der Waals surface area contributed by atoms with Crippen LogP contribution in [0.25, 0.3) is 0 Å². The molecule has 2 N–H and O–H groups in total. The molecule has 1 atom stereocenters. The molecule has 1 heterocycles. The maximum atomic E-state index is 12.2. The Labute approximate surface area is 131 Å². The predicted octanol–water partition coefficient (Wildman–Crippen LogP) is 0.613. The molecule has 124 valence electrons. The van der Waals surface area contributed by atoms with Crippen molar-refractivity contribution in [2.45, 2.75) is 52.7 Å². The maximum Gasteiger partial charge on any atom is 0.318 e. The van der Waals surface area contributed by atoms with Gasteiger partial charge in [0.2, 0.25) is 5.91 Å². The SMILES string of the molecule is CCN(CC(=O)NC(C)(C)C)C(=O)N[C@@H](C)Cn1cncn1. The lowest BCUT2D eigenvalue weighted by molar-refractivity contribution is -0.123. The van der Waals surface area contributed by atoms with Crippen LogP contribution in [0.3, 0.4) is 0 Å². The van der Waals surface area contributed by atoms with Gasteiger partial charge in [-0.25, -0.2) is 9.78 Å². The molecule has 0 aliphatic rings. The molecule has 0 aromatic carbocycles. The van der Waals surface area contributed by atoms with E-state index in [0.29, 0.717) is 13.1 Å². The van der Waals surface area contributed by atoms with Gasteiger partial charge in [0.1, 0.15) is 19.2 Å². The van der Waals surface area contributed by atoms with E-state index in [0.717, 1.165) is 0 Å². The van der Waals surface area contributed by atoms with E-state index in [-0.39, 0.29) is 30.1 Å². The summed E-state index contributed by atoms with van der Waals surface area (Å²) in [6, 6.07) is -0.381. The molecule has 1 rings (SSSR count). The Hall–Kier alpha value is -2.12. The average molecular weight is 310 g/mol. The monoisotopic (exact) mass is 310 g/mol. The highest BCUT2D eigenvalue weighted by molar-refractivity contribution is 5.84. The van der Waals surface area contributed by atoms with Gasteiger partial charge in [0, 0.05) is 18.1 Å². The molecular formula is C14H26N6O2. The molecule has 0 radical (unpaired) electrons. The van der Waals surface area contributed by atoms with Crippen molar-refractivity contribution in [2.75, 3.05) is 13.1 Å². The van der Waals surface area contributed by atoms with Gasteiger partial charge in [0.25, 0.3) is 0 Å². The summed E-state index contributed by atoms with van der Waals surface area (Å²) < 4.78 is 1.65. The molecule has 0 saturated heterocycles. The molecule has 8 nitrogen and oxygen atoms in total. The van der Waals surface area contributed by atoms with Crippen LogP contribution >= 0.6 is 0 Å². The van der Waals surface area contributed by atoms with E-state index in [9.17, 15) is 9.59 Å². The van der Waals surface area contributed by atoms with Gasteiger partial charge in [-0.15, -0.1) is 0 Å². The number of nitrogens with one attached hydrogen (secondary N) is 2. The molecular weight excluding hydrogens is 284 g/mol. The summed E-state index contributed by atoms with van der Waals surface area (Å²) in [5.41, 5.74) is -0.312. The molecule has 0 fully saturated rings. The highest BCUT2D eigenvalue weighted by Gasteiger charge is 2.20. The highest BCUT2D eigenvalue weighted by atomic mass is 16.2. The van der Waals surface area contributed by atoms with Crippen molar-refractivity contribution in [3.63, 3.8) is 0 Å². The molecule has 0 bridgehead atoms. The lowest BCUT2D eigenvalue weighted by Crippen LogP contribution is -2.51. The van der Waals surface area contributed by atoms with Crippen LogP contribution in [0.5, 0.6) is 0 Å². The fourth-order valence-electron chi connectivity index (χ4n) is 1.91. The van der Waals surface area contributed by atoms with Gasteiger partial charge in [0.05, 0.1) is 6.54 Å². The van der Waals surface area contributed by atoms with Gasteiger partial charge in [-0.05, 0) is 34.6 Å². The Morgan fingerprint density at radius 2 is 2.05 bits per heavy atom. The molecule has 8 heteroatoms. The van der Waals surface area contributed by atoms with Crippen molar-refractivity contribution in [2.24, 2.45) is 0 Å². The number of carbonyl (C=O) groups is 2. The summed E-state index contributed by atoms with van der Waals surface area (Å²) in [5, 5.41) is 9.69. The first-order valence-corrected chi connectivity index (χ1v) is 7.40. The first-order valence-electron chi connectivity index (χ1n) is 7.40. The van der Waals surface area contributed by atoms with Crippen LogP contribution in [0.4, 0.5) is 4.79 Å². The summed E-state index contributed by atoms with van der Waals surface area (Å²) in [6.07, 6.45) is 3.04. The minimum absolute atomic E-state index is 0.0373. The van der Waals surface area contributed by atoms with E-state index in [1.807, 2.05) is 34.6 Å². The minimum Gasteiger partial charge on any atom is -0.350 e. The summed E-state index contributed by atoms with van der Waals surface area (Å²) in [4.78, 5) is 29.4. The Kier molecular flexibility index (Phi) is 6.33. The third kappa shape index (κ3) is 6.55. The van der Waals surface area contributed by atoms with Crippen molar-refractivity contribution in [3.8, 4) is 0 Å². The van der Waals surface area contributed by atoms with E-state index in [1.54, 1.807) is 11.0 Å². The smallest absolute Gasteiger partial charge is 0.318 e. The standard InChI is InChI=1S/C14H26N6O2/c1-6-19(8-12(21)18-14(3,4)5)13(22)17-11(2)7-20-10-15-9-16-20/h9-11H,6-8H2,1-5H3,(H,17,22)(H,18,21)/t11-/m0/s1. The Bertz CT molecular complexity index is 480. The molecule has 0 saturated carbocycles. The van der Waals surface area contributed by atoms with Crippen LogP contribution in [-0.2, 0) is 11.3 Å². The van der Waals surface area contributed by atoms with Crippen LogP contribution in [0.2, 0.25) is 0 Å². The van der Waals surface area contributed by atoms with E-state index >= 15 is 0 Å². The fourth-order valence-corrected chi connectivity index (χ4v) is 1.91. The number of likely N-dealkylation sites (N-methyl/N-ethyl adjacent to an activating group) is 1. The average Bonchev–Trinajstić information content (AvgIpc) is 2.86. The molecule has 22 heavy (non-hydrogen) atoms. The van der Waals surface area contributed by atoms with Crippen LogP contribution in [0.1, 0.15) is 34.6 Å². The number of hydrogen-bond acceptors (Lipinski definition) is 4. The number of aromatic nitrogens is 3. The summed E-state index contributed by atoms with van der Waals surface area (Å²) in [5.74, 6) is -0.173. The van der Waals surface area contributed by atoms with Crippen LogP contribution in [0, 0.1) is 0 Å². The van der Waals surface area contributed by atoms with Crippen molar-refractivity contribution in [1.29, 1.82) is 0 Å². The Morgan fingerprint density at radius 3 is 2.55 bits per heavy atom. The van der Waals surface area contributed by atoms with Crippen molar-refractivity contribution < 1.29 is 9.59 Å². The van der Waals surface area contributed by atoms with E-state index in [2.05, 4.69) is 20.7 Å². The van der Waals surface area contributed by atoms with E-state index in [1.165, 1.54) is 11.2 Å². The normalized spacial score (nSPS) is 12.6. The Balaban J connectivity index is 2.48. The zero-order valence-electron chi connectivity index (χ0n) is 14.0. The quantitative estimate of drug-likeness (QED) is 0.805. The summed E-state index contributed by atoms with van der Waals surface area (Å²) >= 11 is 0. The molecule has 0 aliphatic carbocycles. The Morgan fingerprint density at radius 1 is 1.36 bits per heavy atom. The van der Waals surface area contributed by atoms with Crippen molar-refractivity contribution in [1.82, 2.24) is 30.3 Å². The minimum atomic E-state index is -0.312. The molecule has 1 aromatic heterocycles. The number of rotatable bonds is 6. The number of carbonyl (C=O) groups excluding carboxylic acids is 2. The topological polar surface area (TPSA) is 92.2 Å². The second-order valence-electron chi connectivity index (χ2n) is 6.28. The zero-order chi connectivity index (χ0) is 16.8. The largest absolute Gasteiger partial charge is 0.350 e. The fraction of sp³-hybridized carbons (Fsp3) is 0.714. The van der Waals surface area contributed by atoms with Crippen LogP contribution in [-0.4, -0.2) is 56.3 Å². The van der Waals surface area contributed by atoms with Gasteiger partial charge in [0.15, 0.2) is 0 Å². The highest BCUT2D eigenvalue weighted by Crippen LogP contribution is 2.00. The van der Waals surface area contributed by atoms with Gasteiger partial charge in [-0.3, -0.25) is 9.48 Å². The number of hydrogen-bond donors (Lipinski definition) is 2. The lowest BCUT2D eigenvalue weighted by atomic mass is 10.1. The van der Waals surface area contributed by atoms with Gasteiger partial charge in [-0.2, -0.15) is 5.10 Å². The maximum absolute atomic E-state index is 12.2. The van der Waals surface area contributed by atoms with E-state index in [4.69, 9.17) is 0 Å². The van der Waals surface area contributed by atoms with Gasteiger partial charge >= 0.3 is 6.03 Å². The van der Waals surface area contributed by atoms with Crippen molar-refractivity contribution >= 4 is 11.9 Å². The third-order valence-corrected chi connectivity index (χ3v) is 2.82. The predicted molar refractivity (Wildman–Crippen MR) is 83.2 cm³/mol.